The minimum atomic E-state index is -1.51. The number of methoxy groups -OCH3 is 3. The lowest BCUT2D eigenvalue weighted by atomic mass is 9.97. The van der Waals surface area contributed by atoms with Gasteiger partial charge in [-0.3, -0.25) is 9.59 Å². The summed E-state index contributed by atoms with van der Waals surface area (Å²) in [7, 11) is 4.62. The number of hydrogen-bond donors (Lipinski definition) is 1. The van der Waals surface area contributed by atoms with Crippen LogP contribution < -0.4 is 19.5 Å². The number of benzene rings is 6. The molecule has 16 nitrogen and oxygen atoms in total. The molecule has 1 heterocycles. The molecule has 0 bridgehead atoms. The standard InChI is InChI=1S/C60H63NO15S/c1-37(53(58(64)70-33-41-22-12-8-13-23-41)61-60(65)71-34-48-46-28-18-16-26-44(46)45-27-17-19-29-47(45)48)72-59-56(55(74-39(3)63)54(73-38(2)62)51(76-59)35-69-32-40-20-10-7-11-21-40)75-52(42-24-14-9-15-25-42)36-77-57-49(67-5)30-43(66-4)31-50(57)68-6/h7-31,37,48,51-56,59H,32-36H2,1-6H3,(H,61,65)/t37-,51-,52-,53+,54-,55+,56-,59+/m1/s1. The molecule has 1 N–H and O–H groups in total. The van der Waals surface area contributed by atoms with Crippen LogP contribution in [0.2, 0.25) is 0 Å². The molecule has 0 unspecified atom stereocenters. The van der Waals surface area contributed by atoms with Crippen molar-refractivity contribution in [2.24, 2.45) is 0 Å². The van der Waals surface area contributed by atoms with Crippen LogP contribution in [-0.4, -0.2) is 107 Å². The van der Waals surface area contributed by atoms with Gasteiger partial charge in [-0.25, -0.2) is 9.59 Å². The van der Waals surface area contributed by atoms with Gasteiger partial charge in [-0.05, 0) is 45.9 Å². The van der Waals surface area contributed by atoms with Gasteiger partial charge in [0.1, 0.15) is 42.7 Å². The van der Waals surface area contributed by atoms with Crippen molar-refractivity contribution in [2.75, 3.05) is 40.3 Å². The number of fused-ring (bicyclic) bond motifs is 3. The number of nitrogens with one attached hydrogen (secondary N) is 1. The lowest BCUT2D eigenvalue weighted by Crippen LogP contribution is -2.64. The van der Waals surface area contributed by atoms with E-state index in [0.29, 0.717) is 33.3 Å². The van der Waals surface area contributed by atoms with Crippen molar-refractivity contribution in [3.8, 4) is 28.4 Å². The van der Waals surface area contributed by atoms with Gasteiger partial charge < -0.3 is 57.4 Å². The van der Waals surface area contributed by atoms with Crippen molar-refractivity contribution in [3.05, 3.63) is 179 Å². The molecule has 8 rings (SSSR count). The summed E-state index contributed by atoms with van der Waals surface area (Å²) in [6, 6.07) is 45.7. The second-order valence-electron chi connectivity index (χ2n) is 18.2. The molecule has 2 aliphatic rings. The van der Waals surface area contributed by atoms with E-state index in [4.69, 9.17) is 52.1 Å². The zero-order valence-corrected chi connectivity index (χ0v) is 44.5. The van der Waals surface area contributed by atoms with E-state index in [9.17, 15) is 19.2 Å². The Labute approximate surface area is 452 Å². The third-order valence-electron chi connectivity index (χ3n) is 13.0. The maximum atomic E-state index is 14.4. The van der Waals surface area contributed by atoms with Gasteiger partial charge in [0.15, 0.2) is 24.5 Å². The van der Waals surface area contributed by atoms with Crippen LogP contribution in [0.25, 0.3) is 11.1 Å². The molecule has 6 aromatic carbocycles. The molecule has 0 saturated carbocycles. The number of carbonyl (C=O) groups is 4. The highest BCUT2D eigenvalue weighted by atomic mass is 32.2. The predicted octanol–water partition coefficient (Wildman–Crippen LogP) is 9.79. The lowest BCUT2D eigenvalue weighted by Gasteiger charge is -2.46. The Morgan fingerprint density at radius 2 is 1.16 bits per heavy atom. The summed E-state index contributed by atoms with van der Waals surface area (Å²) in [5, 5.41) is 2.73. The molecule has 0 spiro atoms. The lowest BCUT2D eigenvalue weighted by molar-refractivity contribution is -0.329. The van der Waals surface area contributed by atoms with Gasteiger partial charge in [0.2, 0.25) is 0 Å². The van der Waals surface area contributed by atoms with Crippen molar-refractivity contribution in [1.82, 2.24) is 5.32 Å². The van der Waals surface area contributed by atoms with Crippen molar-refractivity contribution >= 4 is 35.8 Å². The Morgan fingerprint density at radius 3 is 1.73 bits per heavy atom. The Bertz CT molecular complexity index is 2840. The fraction of sp³-hybridized carbons (Fsp3) is 0.333. The molecule has 1 aliphatic carbocycles. The monoisotopic (exact) mass is 1070 g/mol. The molecule has 0 radical (unpaired) electrons. The van der Waals surface area contributed by atoms with Crippen LogP contribution in [0.4, 0.5) is 4.79 Å². The topological polar surface area (TPSA) is 182 Å². The number of carbonyl (C=O) groups excluding carboxylic acids is 4. The van der Waals surface area contributed by atoms with E-state index in [0.717, 1.165) is 27.8 Å². The molecule has 17 heteroatoms. The molecule has 8 atom stereocenters. The van der Waals surface area contributed by atoms with Gasteiger partial charge in [0, 0.05) is 37.7 Å². The Hall–Kier alpha value is -7.41. The predicted molar refractivity (Wildman–Crippen MR) is 286 cm³/mol. The molecule has 1 amide bonds. The quantitative estimate of drug-likeness (QED) is 0.0343. The van der Waals surface area contributed by atoms with Crippen LogP contribution in [0.1, 0.15) is 60.6 Å². The van der Waals surface area contributed by atoms with Gasteiger partial charge in [0.05, 0.1) is 51.6 Å². The van der Waals surface area contributed by atoms with Crippen molar-refractivity contribution in [2.45, 2.75) is 93.8 Å². The molecule has 1 aliphatic heterocycles. The highest BCUT2D eigenvalue weighted by molar-refractivity contribution is 7.99. The molecular weight excluding hydrogens is 1010 g/mol. The molecule has 0 aromatic heterocycles. The Balaban J connectivity index is 1.13. The minimum absolute atomic E-state index is 0.0397. The molecule has 1 fully saturated rings. The fourth-order valence-electron chi connectivity index (χ4n) is 9.38. The SMILES string of the molecule is COc1cc(OC)c(SC[C@@H](O[C@H]2[C@@H](O[C@H](C)[C@H](NC(=O)OCC3c4ccccc4-c4ccccc43)C(=O)OCc3ccccc3)O[C@H](COCc3ccccc3)[C@@H](OC(C)=O)[C@@H]2OC(C)=O)c2ccccc2)c(OC)c1. The Kier molecular flexibility index (Phi) is 19.6. The maximum absolute atomic E-state index is 14.4. The smallest absolute Gasteiger partial charge is 0.407 e. The number of rotatable bonds is 24. The summed E-state index contributed by atoms with van der Waals surface area (Å²) in [6.45, 7) is 3.82. The largest absolute Gasteiger partial charge is 0.496 e. The number of alkyl carbamates (subject to hydrolysis) is 1. The maximum Gasteiger partial charge on any atom is 0.407 e. The van der Waals surface area contributed by atoms with E-state index in [1.54, 1.807) is 38.3 Å². The van der Waals surface area contributed by atoms with Gasteiger partial charge in [0.25, 0.3) is 0 Å². The van der Waals surface area contributed by atoms with Gasteiger partial charge in [-0.15, -0.1) is 11.8 Å². The number of esters is 3. The average Bonchev–Trinajstić information content (AvgIpc) is 3.78. The second-order valence-corrected chi connectivity index (χ2v) is 19.3. The summed E-state index contributed by atoms with van der Waals surface area (Å²) in [5.41, 5.74) is 6.36. The van der Waals surface area contributed by atoms with E-state index in [1.807, 2.05) is 127 Å². The highest BCUT2D eigenvalue weighted by Gasteiger charge is 2.53. The third-order valence-corrected chi connectivity index (χ3v) is 14.2. The second kappa shape index (κ2) is 27.1. The van der Waals surface area contributed by atoms with Crippen molar-refractivity contribution in [1.29, 1.82) is 0 Å². The summed E-state index contributed by atoms with van der Waals surface area (Å²) < 4.78 is 67.9. The number of hydrogen-bond acceptors (Lipinski definition) is 16. The molecule has 1 saturated heterocycles. The van der Waals surface area contributed by atoms with E-state index in [1.165, 1.54) is 39.8 Å². The van der Waals surface area contributed by atoms with Crippen LogP contribution in [0.15, 0.2) is 157 Å². The van der Waals surface area contributed by atoms with Crippen LogP contribution in [0, 0.1) is 0 Å². The van der Waals surface area contributed by atoms with Crippen LogP contribution in [0.5, 0.6) is 17.2 Å². The number of thioether (sulfide) groups is 1. The van der Waals surface area contributed by atoms with Gasteiger partial charge in [-0.1, -0.05) is 140 Å². The molecule has 404 valence electrons. The zero-order valence-electron chi connectivity index (χ0n) is 43.7. The molecule has 6 aromatic rings. The van der Waals surface area contributed by atoms with E-state index in [2.05, 4.69) is 5.32 Å². The summed E-state index contributed by atoms with van der Waals surface area (Å²) in [5.74, 6) is -0.858. The summed E-state index contributed by atoms with van der Waals surface area (Å²) in [4.78, 5) is 55.5. The highest BCUT2D eigenvalue weighted by Crippen LogP contribution is 2.46. The first-order chi connectivity index (χ1) is 37.4. The molecular formula is C60H63NO15S. The first kappa shape index (κ1) is 55.8. The minimum Gasteiger partial charge on any atom is -0.496 e. The van der Waals surface area contributed by atoms with Crippen LogP contribution in [0.3, 0.4) is 0 Å². The third kappa shape index (κ3) is 14.3. The summed E-state index contributed by atoms with van der Waals surface area (Å²) >= 11 is 1.36. The van der Waals surface area contributed by atoms with Crippen molar-refractivity contribution in [3.63, 3.8) is 0 Å². The van der Waals surface area contributed by atoms with Gasteiger partial charge >= 0.3 is 24.0 Å². The van der Waals surface area contributed by atoms with E-state index in [-0.39, 0.29) is 38.1 Å². The van der Waals surface area contributed by atoms with E-state index >= 15 is 0 Å². The van der Waals surface area contributed by atoms with E-state index < -0.39 is 73.0 Å². The number of amides is 1. The summed E-state index contributed by atoms with van der Waals surface area (Å²) in [6.07, 6.45) is -9.75. The van der Waals surface area contributed by atoms with Crippen LogP contribution in [-0.2, 0) is 65.5 Å². The van der Waals surface area contributed by atoms with Gasteiger partial charge in [-0.2, -0.15) is 0 Å². The molecule has 77 heavy (non-hydrogen) atoms. The first-order valence-corrected chi connectivity index (χ1v) is 26.1. The van der Waals surface area contributed by atoms with Crippen LogP contribution >= 0.6 is 11.8 Å². The zero-order chi connectivity index (χ0) is 54.3. The van der Waals surface area contributed by atoms with Crippen molar-refractivity contribution < 1.29 is 71.3 Å². The fourth-order valence-corrected chi connectivity index (χ4v) is 10.5. The Morgan fingerprint density at radius 1 is 0.610 bits per heavy atom. The first-order valence-electron chi connectivity index (χ1n) is 25.2. The normalized spacial score (nSPS) is 18.8. The average molecular weight is 1070 g/mol. The number of ether oxygens (including phenoxy) is 11.